The number of rotatable bonds is 9. The molecule has 2 rings (SSSR count). The van der Waals surface area contributed by atoms with Crippen LogP contribution in [-0.2, 0) is 19.6 Å². The summed E-state index contributed by atoms with van der Waals surface area (Å²) in [6.07, 6.45) is 4.04. The van der Waals surface area contributed by atoms with Crippen molar-refractivity contribution in [3.8, 4) is 5.69 Å². The molecule has 0 saturated carbocycles. The lowest BCUT2D eigenvalue weighted by Gasteiger charge is -2.13. The molecule has 0 aliphatic heterocycles. The zero-order chi connectivity index (χ0) is 20.0. The predicted molar refractivity (Wildman–Crippen MR) is 107 cm³/mol. The van der Waals surface area contributed by atoms with E-state index >= 15 is 0 Å². The number of carbonyl (C=O) groups excluding carboxylic acids is 1. The van der Waals surface area contributed by atoms with Gasteiger partial charge in [-0.1, -0.05) is 37.7 Å². The number of nitrogens with zero attached hydrogens (tertiary/aromatic N) is 2. The van der Waals surface area contributed by atoms with Crippen molar-refractivity contribution in [1.29, 1.82) is 0 Å². The summed E-state index contributed by atoms with van der Waals surface area (Å²) in [7, 11) is -3.31. The van der Waals surface area contributed by atoms with Crippen LogP contribution in [0.25, 0.3) is 5.69 Å². The molecular weight excluding hydrogens is 386 g/mol. The smallest absolute Gasteiger partial charge is 0.316 e. The first-order valence-corrected chi connectivity index (χ1v) is 11.4. The molecule has 0 radical (unpaired) electrons. The van der Waals surface area contributed by atoms with Crippen molar-refractivity contribution in [2.75, 3.05) is 18.6 Å². The third kappa shape index (κ3) is 7.00. The van der Waals surface area contributed by atoms with Gasteiger partial charge in [-0.25, -0.2) is 18.1 Å². The molecule has 148 valence electrons. The second kappa shape index (κ2) is 9.38. The molecular formula is C18H25N3O4S2. The summed E-state index contributed by atoms with van der Waals surface area (Å²) in [5.74, 6) is 0.127. The van der Waals surface area contributed by atoms with Gasteiger partial charge in [0.15, 0.2) is 5.16 Å². The number of sulfonamides is 1. The molecule has 7 nitrogen and oxygen atoms in total. The van der Waals surface area contributed by atoms with Gasteiger partial charge in [0.1, 0.15) is 6.10 Å². The zero-order valence-electron chi connectivity index (χ0n) is 15.9. The van der Waals surface area contributed by atoms with Crippen molar-refractivity contribution in [3.63, 3.8) is 0 Å². The Morgan fingerprint density at radius 3 is 2.52 bits per heavy atom. The number of nitrogens with one attached hydrogen (secondary N) is 1. The molecule has 0 saturated heterocycles. The van der Waals surface area contributed by atoms with Crippen LogP contribution in [0.2, 0.25) is 0 Å². The van der Waals surface area contributed by atoms with E-state index < -0.39 is 22.1 Å². The van der Waals surface area contributed by atoms with Crippen LogP contribution in [0.3, 0.4) is 0 Å². The van der Waals surface area contributed by atoms with Gasteiger partial charge in [0.2, 0.25) is 10.0 Å². The Balaban J connectivity index is 1.92. The second-order valence-corrected chi connectivity index (χ2v) is 9.31. The van der Waals surface area contributed by atoms with E-state index in [4.69, 9.17) is 4.74 Å². The van der Waals surface area contributed by atoms with Crippen molar-refractivity contribution in [2.24, 2.45) is 0 Å². The Morgan fingerprint density at radius 2 is 1.93 bits per heavy atom. The highest BCUT2D eigenvalue weighted by atomic mass is 32.2. The van der Waals surface area contributed by atoms with Gasteiger partial charge >= 0.3 is 5.97 Å². The summed E-state index contributed by atoms with van der Waals surface area (Å²) in [5.41, 5.74) is 2.23. The minimum atomic E-state index is -3.31. The molecule has 1 N–H and O–H groups in total. The molecule has 1 heterocycles. The monoisotopic (exact) mass is 411 g/mol. The first kappa shape index (κ1) is 21.5. The molecule has 1 unspecified atom stereocenters. The molecule has 1 aromatic carbocycles. The van der Waals surface area contributed by atoms with Crippen LogP contribution in [0.4, 0.5) is 0 Å². The first-order chi connectivity index (χ1) is 12.7. The van der Waals surface area contributed by atoms with Gasteiger partial charge in [-0.2, -0.15) is 0 Å². The quantitative estimate of drug-likeness (QED) is 0.504. The third-order valence-electron chi connectivity index (χ3n) is 3.73. The molecule has 0 amide bonds. The number of thioether (sulfide) groups is 1. The summed E-state index contributed by atoms with van der Waals surface area (Å²) in [4.78, 5) is 16.3. The van der Waals surface area contributed by atoms with E-state index in [2.05, 4.69) is 35.7 Å². The van der Waals surface area contributed by atoms with Crippen molar-refractivity contribution in [1.82, 2.24) is 14.3 Å². The maximum atomic E-state index is 12.0. The van der Waals surface area contributed by atoms with E-state index in [0.29, 0.717) is 11.1 Å². The number of imidazole rings is 1. The van der Waals surface area contributed by atoms with Gasteiger partial charge in [-0.15, -0.1) is 0 Å². The average molecular weight is 412 g/mol. The fourth-order valence-electron chi connectivity index (χ4n) is 2.31. The Bertz CT molecular complexity index is 861. The first-order valence-electron chi connectivity index (χ1n) is 8.56. The molecule has 1 atom stereocenters. The van der Waals surface area contributed by atoms with Crippen LogP contribution in [0.15, 0.2) is 41.8 Å². The molecule has 0 aliphatic carbocycles. The van der Waals surface area contributed by atoms with Crippen molar-refractivity contribution < 1.29 is 17.9 Å². The van der Waals surface area contributed by atoms with E-state index in [1.807, 2.05) is 22.9 Å². The summed E-state index contributed by atoms with van der Waals surface area (Å²) in [6.45, 7) is 5.97. The van der Waals surface area contributed by atoms with Gasteiger partial charge in [0, 0.05) is 24.6 Å². The number of esters is 1. The molecule has 27 heavy (non-hydrogen) atoms. The average Bonchev–Trinajstić information content (AvgIpc) is 3.06. The van der Waals surface area contributed by atoms with Crippen LogP contribution in [0.5, 0.6) is 0 Å². The van der Waals surface area contributed by atoms with E-state index in [9.17, 15) is 13.2 Å². The van der Waals surface area contributed by atoms with Crippen LogP contribution in [0.1, 0.15) is 32.3 Å². The van der Waals surface area contributed by atoms with E-state index in [1.54, 1.807) is 13.1 Å². The largest absolute Gasteiger partial charge is 0.461 e. The van der Waals surface area contributed by atoms with E-state index in [1.165, 1.54) is 17.3 Å². The number of hydrogen-bond donors (Lipinski definition) is 1. The lowest BCUT2D eigenvalue weighted by molar-refractivity contribution is -0.144. The second-order valence-electron chi connectivity index (χ2n) is 6.54. The van der Waals surface area contributed by atoms with Gasteiger partial charge in [-0.3, -0.25) is 9.36 Å². The predicted octanol–water partition coefficient (Wildman–Crippen LogP) is 2.57. The molecule has 0 aliphatic rings. The molecule has 0 spiro atoms. The summed E-state index contributed by atoms with van der Waals surface area (Å²) < 4.78 is 31.6. The fourth-order valence-corrected chi connectivity index (χ4v) is 3.60. The fraction of sp³-hybridized carbons (Fsp3) is 0.444. The Hall–Kier alpha value is -1.84. The number of ether oxygens (including phenoxy) is 1. The number of benzene rings is 1. The maximum Gasteiger partial charge on any atom is 0.316 e. The van der Waals surface area contributed by atoms with Crippen molar-refractivity contribution in [2.45, 2.75) is 37.9 Å². The Morgan fingerprint density at radius 1 is 1.26 bits per heavy atom. The maximum absolute atomic E-state index is 12.0. The molecule has 2 aromatic rings. The highest BCUT2D eigenvalue weighted by molar-refractivity contribution is 7.99. The topological polar surface area (TPSA) is 90.3 Å². The van der Waals surface area contributed by atoms with Crippen LogP contribution >= 0.6 is 11.8 Å². The minimum Gasteiger partial charge on any atom is -0.461 e. The van der Waals surface area contributed by atoms with E-state index in [0.717, 1.165) is 11.9 Å². The van der Waals surface area contributed by atoms with Crippen LogP contribution in [0, 0.1) is 0 Å². The molecule has 0 bridgehead atoms. The van der Waals surface area contributed by atoms with Crippen LogP contribution in [-0.4, -0.2) is 48.6 Å². The SMILES string of the molecule is CC(CNS(C)(=O)=O)OC(=O)CSc1nccn1-c1ccc(C(C)C)cc1. The number of aromatic nitrogens is 2. The zero-order valence-corrected chi connectivity index (χ0v) is 17.5. The Kier molecular flexibility index (Phi) is 7.46. The van der Waals surface area contributed by atoms with E-state index in [-0.39, 0.29) is 12.3 Å². The lowest BCUT2D eigenvalue weighted by Crippen LogP contribution is -2.32. The standard InChI is InChI=1S/C18H25N3O4S2/c1-13(2)15-5-7-16(8-6-15)21-10-9-19-18(21)26-12-17(22)25-14(3)11-20-27(4,23)24/h5-10,13-14,20H,11-12H2,1-4H3. The van der Waals surface area contributed by atoms with Gasteiger partial charge in [-0.05, 0) is 30.5 Å². The summed E-state index contributed by atoms with van der Waals surface area (Å²) in [5, 5.41) is 0.686. The lowest BCUT2D eigenvalue weighted by atomic mass is 10.0. The molecule has 1 aromatic heterocycles. The third-order valence-corrected chi connectivity index (χ3v) is 5.36. The number of hydrogen-bond acceptors (Lipinski definition) is 6. The van der Waals surface area contributed by atoms with Gasteiger partial charge in [0.25, 0.3) is 0 Å². The van der Waals surface area contributed by atoms with Crippen molar-refractivity contribution >= 4 is 27.8 Å². The summed E-state index contributed by atoms with van der Waals surface area (Å²) in [6, 6.07) is 8.22. The van der Waals surface area contributed by atoms with Crippen molar-refractivity contribution in [3.05, 3.63) is 42.2 Å². The summed E-state index contributed by atoms with van der Waals surface area (Å²) >= 11 is 1.27. The number of carbonyl (C=O) groups is 1. The van der Waals surface area contributed by atoms with Gasteiger partial charge < -0.3 is 4.74 Å². The highest BCUT2D eigenvalue weighted by Gasteiger charge is 2.14. The molecule has 0 fully saturated rings. The minimum absolute atomic E-state index is 0.0477. The Labute approximate surface area is 164 Å². The highest BCUT2D eigenvalue weighted by Crippen LogP contribution is 2.22. The molecule has 9 heteroatoms. The van der Waals surface area contributed by atoms with Gasteiger partial charge in [0.05, 0.1) is 12.0 Å². The van der Waals surface area contributed by atoms with Crippen LogP contribution < -0.4 is 4.72 Å². The normalized spacial score (nSPS) is 12.9.